The number of carbonyl (C=O) groups is 1. The van der Waals surface area contributed by atoms with E-state index < -0.39 is 0 Å². The molecule has 1 saturated heterocycles. The zero-order chi connectivity index (χ0) is 26.5. The number of amides is 1. The maximum absolute atomic E-state index is 13.8. The molecule has 1 aliphatic heterocycles. The normalized spacial score (nSPS) is 14.0. The Morgan fingerprint density at radius 1 is 1.18 bits per heavy atom. The van der Waals surface area contributed by atoms with Crippen LogP contribution in [0.1, 0.15) is 42.1 Å². The van der Waals surface area contributed by atoms with Crippen LogP contribution in [0.5, 0.6) is 11.6 Å². The highest BCUT2D eigenvalue weighted by atomic mass is 32.2. The minimum absolute atomic E-state index is 0.0782. The largest absolute Gasteiger partial charge is 0.437 e. The number of nitrogens with one attached hydrogen (secondary N) is 2. The van der Waals surface area contributed by atoms with E-state index in [2.05, 4.69) is 15.6 Å². The third-order valence-corrected chi connectivity index (χ3v) is 7.74. The fraction of sp³-hybridized carbons (Fsp3) is 0.345. The van der Waals surface area contributed by atoms with Crippen LogP contribution in [0.15, 0.2) is 54.7 Å². The third kappa shape index (κ3) is 5.93. The smallest absolute Gasteiger partial charge is 0.251 e. The van der Waals surface area contributed by atoms with Gasteiger partial charge in [-0.3, -0.25) is 4.79 Å². The molecule has 1 aliphatic rings. The van der Waals surface area contributed by atoms with Crippen LogP contribution < -0.4 is 15.4 Å². The molecule has 2 aromatic heterocycles. The number of halogens is 1. The van der Waals surface area contributed by atoms with Crippen molar-refractivity contribution in [2.45, 2.75) is 33.1 Å². The Bertz CT molecular complexity index is 1430. The van der Waals surface area contributed by atoms with Crippen molar-refractivity contribution in [3.8, 4) is 22.9 Å². The summed E-state index contributed by atoms with van der Waals surface area (Å²) in [6.45, 7) is 5.43. The minimum Gasteiger partial charge on any atom is -0.437 e. The van der Waals surface area contributed by atoms with E-state index in [9.17, 15) is 9.18 Å². The molecule has 0 atom stereocenters. The van der Waals surface area contributed by atoms with Crippen molar-refractivity contribution in [2.24, 2.45) is 5.92 Å². The van der Waals surface area contributed by atoms with E-state index in [1.54, 1.807) is 22.8 Å². The molecule has 3 heterocycles. The Kier molecular flexibility index (Phi) is 8.12. The fourth-order valence-corrected chi connectivity index (χ4v) is 5.79. The third-order valence-electron chi connectivity index (χ3n) is 6.69. The summed E-state index contributed by atoms with van der Waals surface area (Å²) in [5, 5.41) is 11.2. The molecule has 0 spiro atoms. The van der Waals surface area contributed by atoms with Crippen LogP contribution in [0.2, 0.25) is 0 Å². The second-order valence-corrected chi connectivity index (χ2v) is 10.8. The first-order chi connectivity index (χ1) is 18.5. The summed E-state index contributed by atoms with van der Waals surface area (Å²) >= 11 is 2.01. The van der Waals surface area contributed by atoms with E-state index in [1.807, 2.05) is 49.9 Å². The Balaban J connectivity index is 1.50. The summed E-state index contributed by atoms with van der Waals surface area (Å²) in [5.41, 5.74) is 4.65. The number of nitrogens with zero attached hydrogens (tertiary/aromatic N) is 3. The van der Waals surface area contributed by atoms with Gasteiger partial charge >= 0.3 is 0 Å². The molecule has 0 bridgehead atoms. The van der Waals surface area contributed by atoms with Crippen LogP contribution >= 0.6 is 11.8 Å². The molecule has 0 unspecified atom stereocenters. The molecule has 7 nitrogen and oxygen atoms in total. The number of benzene rings is 2. The van der Waals surface area contributed by atoms with Gasteiger partial charge < -0.3 is 15.4 Å². The number of ether oxygens (including phenoxy) is 1. The standard InChI is InChI=1S/C29H32FN5O2S/c1-3-11-31-29(36)24-8-7-21(14-19(24)2)26-18-33-28-25(32-17-20-9-12-38-13-10-20)16-27(34-35(26)28)37-23-6-4-5-22(30)15-23/h4-8,14-16,18,20,32H,3,9-13,17H2,1-2H3,(H,31,36). The van der Waals surface area contributed by atoms with E-state index >= 15 is 0 Å². The lowest BCUT2D eigenvalue weighted by atomic mass is 10.0. The molecule has 1 amide bonds. The molecule has 0 radical (unpaired) electrons. The molecule has 0 aliphatic carbocycles. The Hall–Kier alpha value is -3.59. The topological polar surface area (TPSA) is 80.5 Å². The quantitative estimate of drug-likeness (QED) is 0.262. The van der Waals surface area contributed by atoms with Gasteiger partial charge in [0.05, 0.1) is 17.6 Å². The number of hydrogen-bond acceptors (Lipinski definition) is 6. The number of hydrogen-bond donors (Lipinski definition) is 2. The highest BCUT2D eigenvalue weighted by Crippen LogP contribution is 2.31. The number of anilines is 1. The molecule has 4 aromatic rings. The van der Waals surface area contributed by atoms with Gasteiger partial charge in [0.2, 0.25) is 5.88 Å². The average Bonchev–Trinajstić information content (AvgIpc) is 3.35. The molecule has 0 saturated carbocycles. The molecular formula is C29H32FN5O2S. The molecular weight excluding hydrogens is 501 g/mol. The highest BCUT2D eigenvalue weighted by Gasteiger charge is 2.18. The molecule has 1 fully saturated rings. The second kappa shape index (κ2) is 11.9. The lowest BCUT2D eigenvalue weighted by Crippen LogP contribution is -2.24. The zero-order valence-electron chi connectivity index (χ0n) is 21.7. The summed E-state index contributed by atoms with van der Waals surface area (Å²) in [6, 6.07) is 13.5. The second-order valence-electron chi connectivity index (χ2n) is 9.56. The maximum Gasteiger partial charge on any atom is 0.251 e. The maximum atomic E-state index is 13.8. The number of aryl methyl sites for hydroxylation is 1. The van der Waals surface area contributed by atoms with Gasteiger partial charge in [0.1, 0.15) is 11.6 Å². The highest BCUT2D eigenvalue weighted by molar-refractivity contribution is 7.99. The number of carbonyl (C=O) groups excluding carboxylic acids is 1. The first-order valence-corrected chi connectivity index (χ1v) is 14.2. The van der Waals surface area contributed by atoms with Crippen LogP contribution in [0, 0.1) is 18.7 Å². The summed E-state index contributed by atoms with van der Waals surface area (Å²) in [6.07, 6.45) is 5.03. The molecule has 5 rings (SSSR count). The lowest BCUT2D eigenvalue weighted by molar-refractivity contribution is 0.0953. The first kappa shape index (κ1) is 26.0. The Labute approximate surface area is 226 Å². The van der Waals surface area contributed by atoms with Crippen molar-refractivity contribution in [3.05, 3.63) is 71.7 Å². The summed E-state index contributed by atoms with van der Waals surface area (Å²) in [4.78, 5) is 17.2. The van der Waals surface area contributed by atoms with Crippen LogP contribution in [0.3, 0.4) is 0 Å². The van der Waals surface area contributed by atoms with Gasteiger partial charge in [0.25, 0.3) is 5.91 Å². The number of rotatable bonds is 9. The van der Waals surface area contributed by atoms with E-state index in [1.165, 1.54) is 36.5 Å². The molecule has 2 aromatic carbocycles. The molecule has 2 N–H and O–H groups in total. The van der Waals surface area contributed by atoms with Crippen LogP contribution in [0.4, 0.5) is 10.1 Å². The number of thioether (sulfide) groups is 1. The SMILES string of the molecule is CCCNC(=O)c1ccc(-c2cnc3c(NCC4CCSCC4)cc(Oc4cccc(F)c4)nn23)cc1C. The van der Waals surface area contributed by atoms with Crippen molar-refractivity contribution in [3.63, 3.8) is 0 Å². The van der Waals surface area contributed by atoms with Gasteiger partial charge in [-0.15, -0.1) is 5.10 Å². The van der Waals surface area contributed by atoms with Gasteiger partial charge in [-0.25, -0.2) is 13.9 Å². The summed E-state index contributed by atoms with van der Waals surface area (Å²) in [5.74, 6) is 3.21. The van der Waals surface area contributed by atoms with E-state index in [0.29, 0.717) is 35.3 Å². The average molecular weight is 534 g/mol. The predicted octanol–water partition coefficient (Wildman–Crippen LogP) is 6.33. The van der Waals surface area contributed by atoms with Crippen molar-refractivity contribution < 1.29 is 13.9 Å². The van der Waals surface area contributed by atoms with Gasteiger partial charge in [-0.1, -0.05) is 19.1 Å². The number of imidazole rings is 1. The molecule has 198 valence electrons. The number of aromatic nitrogens is 3. The van der Waals surface area contributed by atoms with Crippen LogP contribution in [-0.4, -0.2) is 45.1 Å². The van der Waals surface area contributed by atoms with Gasteiger partial charge in [-0.05, 0) is 73.4 Å². The number of fused-ring (bicyclic) bond motifs is 1. The summed E-state index contributed by atoms with van der Waals surface area (Å²) in [7, 11) is 0. The van der Waals surface area contributed by atoms with E-state index in [4.69, 9.17) is 9.84 Å². The van der Waals surface area contributed by atoms with Crippen LogP contribution in [0.25, 0.3) is 16.9 Å². The van der Waals surface area contributed by atoms with Gasteiger partial charge in [0, 0.05) is 36.3 Å². The van der Waals surface area contributed by atoms with Gasteiger partial charge in [-0.2, -0.15) is 11.8 Å². The first-order valence-electron chi connectivity index (χ1n) is 13.0. The van der Waals surface area contributed by atoms with Crippen molar-refractivity contribution in [1.29, 1.82) is 0 Å². The predicted molar refractivity (Wildman–Crippen MR) is 151 cm³/mol. The van der Waals surface area contributed by atoms with E-state index in [-0.39, 0.29) is 11.7 Å². The summed E-state index contributed by atoms with van der Waals surface area (Å²) < 4.78 is 21.5. The Morgan fingerprint density at radius 2 is 2.03 bits per heavy atom. The monoisotopic (exact) mass is 533 g/mol. The fourth-order valence-electron chi connectivity index (χ4n) is 4.59. The van der Waals surface area contributed by atoms with E-state index in [0.717, 1.165) is 35.5 Å². The van der Waals surface area contributed by atoms with Crippen molar-refractivity contribution >= 4 is 29.0 Å². The lowest BCUT2D eigenvalue weighted by Gasteiger charge is -2.22. The van der Waals surface area contributed by atoms with Gasteiger partial charge in [0.15, 0.2) is 5.65 Å². The molecule has 9 heteroatoms. The van der Waals surface area contributed by atoms with Crippen molar-refractivity contribution in [1.82, 2.24) is 19.9 Å². The zero-order valence-corrected chi connectivity index (χ0v) is 22.5. The van der Waals surface area contributed by atoms with Crippen LogP contribution in [-0.2, 0) is 0 Å². The molecule has 38 heavy (non-hydrogen) atoms. The van der Waals surface area contributed by atoms with Crippen molar-refractivity contribution in [2.75, 3.05) is 29.9 Å². The Morgan fingerprint density at radius 3 is 2.79 bits per heavy atom. The minimum atomic E-state index is -0.376.